The molecule has 0 bridgehead atoms. The molecule has 0 amide bonds. The minimum atomic E-state index is -0.616. The lowest BCUT2D eigenvalue weighted by Crippen LogP contribution is -2.48. The molecule has 1 atom stereocenters. The highest BCUT2D eigenvalue weighted by Gasteiger charge is 2.28. The molecule has 0 aliphatic carbocycles. The maximum atomic E-state index is 11.1. The first kappa shape index (κ1) is 23.5. The lowest BCUT2D eigenvalue weighted by Gasteiger charge is -2.40. The van der Waals surface area contributed by atoms with E-state index in [1.165, 1.54) is 16.7 Å². The third-order valence-corrected chi connectivity index (χ3v) is 7.07. The molecule has 1 unspecified atom stereocenters. The number of imidazole rings is 1. The standard InChI is InChI=1S/C30H34N4O/c1-22-11-9-10-16-26(22)30-31-23(2)28(32-30)27(35)21-33-17-19-34(20-18-33)29(24-12-5-3-6-13-24)25-14-7-4-8-15-25/h3-16,27,29,35H,17-21H2,1-2H3,(H,31,32). The first-order valence-corrected chi connectivity index (χ1v) is 12.5. The number of nitrogens with one attached hydrogen (secondary N) is 1. The van der Waals surface area contributed by atoms with Gasteiger partial charge in [0.1, 0.15) is 11.9 Å². The second kappa shape index (κ2) is 10.6. The molecule has 5 rings (SSSR count). The Morgan fingerprint density at radius 3 is 1.97 bits per heavy atom. The zero-order chi connectivity index (χ0) is 24.2. The van der Waals surface area contributed by atoms with Crippen molar-refractivity contribution in [2.45, 2.75) is 26.0 Å². The summed E-state index contributed by atoms with van der Waals surface area (Å²) < 4.78 is 0. The molecule has 35 heavy (non-hydrogen) atoms. The summed E-state index contributed by atoms with van der Waals surface area (Å²) in [6.07, 6.45) is -0.616. The monoisotopic (exact) mass is 466 g/mol. The number of H-pyrrole nitrogens is 1. The second-order valence-electron chi connectivity index (χ2n) is 9.49. The van der Waals surface area contributed by atoms with Crippen molar-refractivity contribution < 1.29 is 5.11 Å². The largest absolute Gasteiger partial charge is 0.385 e. The van der Waals surface area contributed by atoms with Gasteiger partial charge in [-0.1, -0.05) is 84.9 Å². The van der Waals surface area contributed by atoms with Crippen molar-refractivity contribution in [3.8, 4) is 11.4 Å². The molecule has 2 heterocycles. The number of β-amino-alcohol motifs (C(OH)–C–C–N with tert-alkyl or cyclic N) is 1. The molecule has 1 aromatic heterocycles. The van der Waals surface area contributed by atoms with E-state index in [9.17, 15) is 5.11 Å². The van der Waals surface area contributed by atoms with Gasteiger partial charge in [0.15, 0.2) is 0 Å². The molecule has 0 saturated carbocycles. The van der Waals surface area contributed by atoms with Crippen molar-refractivity contribution in [1.29, 1.82) is 0 Å². The summed E-state index contributed by atoms with van der Waals surface area (Å²) in [4.78, 5) is 13.1. The fourth-order valence-electron chi connectivity index (χ4n) is 5.18. The number of aryl methyl sites for hydroxylation is 2. The van der Waals surface area contributed by atoms with Crippen LogP contribution in [-0.2, 0) is 0 Å². The van der Waals surface area contributed by atoms with Crippen molar-refractivity contribution in [1.82, 2.24) is 19.8 Å². The van der Waals surface area contributed by atoms with Crippen LogP contribution in [0.1, 0.15) is 40.2 Å². The molecular weight excluding hydrogens is 432 g/mol. The molecular formula is C30H34N4O. The molecule has 0 radical (unpaired) electrons. The highest BCUT2D eigenvalue weighted by molar-refractivity contribution is 5.60. The Bertz CT molecular complexity index is 1190. The molecule has 180 valence electrons. The Morgan fingerprint density at radius 1 is 0.800 bits per heavy atom. The van der Waals surface area contributed by atoms with E-state index in [2.05, 4.69) is 94.5 Å². The van der Waals surface area contributed by atoms with Gasteiger partial charge in [-0.3, -0.25) is 9.80 Å². The average Bonchev–Trinajstić information content (AvgIpc) is 3.28. The zero-order valence-electron chi connectivity index (χ0n) is 20.6. The summed E-state index contributed by atoms with van der Waals surface area (Å²) in [6, 6.07) is 30.0. The molecule has 5 nitrogen and oxygen atoms in total. The number of rotatable bonds is 7. The number of aliphatic hydroxyl groups excluding tert-OH is 1. The second-order valence-corrected chi connectivity index (χ2v) is 9.49. The van der Waals surface area contributed by atoms with E-state index in [-0.39, 0.29) is 6.04 Å². The van der Waals surface area contributed by atoms with Gasteiger partial charge in [-0.2, -0.15) is 0 Å². The van der Waals surface area contributed by atoms with Gasteiger partial charge in [-0.15, -0.1) is 0 Å². The molecule has 2 N–H and O–H groups in total. The number of aliphatic hydroxyl groups is 1. The van der Waals surface area contributed by atoms with Crippen molar-refractivity contribution >= 4 is 0 Å². The van der Waals surface area contributed by atoms with Crippen LogP contribution in [-0.4, -0.2) is 57.6 Å². The van der Waals surface area contributed by atoms with E-state index in [0.29, 0.717) is 6.54 Å². The topological polar surface area (TPSA) is 55.4 Å². The van der Waals surface area contributed by atoms with Crippen LogP contribution >= 0.6 is 0 Å². The SMILES string of the molecule is Cc1ccccc1-c1nc(C(O)CN2CCN(C(c3ccccc3)c3ccccc3)CC2)c(C)[nH]1. The molecule has 1 saturated heterocycles. The number of benzene rings is 3. The Kier molecular flexibility index (Phi) is 7.09. The maximum Gasteiger partial charge on any atom is 0.138 e. The Hall–Kier alpha value is -3.25. The van der Waals surface area contributed by atoms with Gasteiger partial charge < -0.3 is 10.1 Å². The summed E-state index contributed by atoms with van der Waals surface area (Å²) in [5.74, 6) is 0.827. The summed E-state index contributed by atoms with van der Waals surface area (Å²) in [7, 11) is 0. The predicted octanol–water partition coefficient (Wildman–Crippen LogP) is 5.13. The number of piperazine rings is 1. The van der Waals surface area contributed by atoms with Gasteiger partial charge in [0.05, 0.1) is 11.7 Å². The van der Waals surface area contributed by atoms with Crippen LogP contribution in [0.3, 0.4) is 0 Å². The van der Waals surface area contributed by atoms with Crippen molar-refractivity contribution in [2.24, 2.45) is 0 Å². The Balaban J connectivity index is 1.26. The lowest BCUT2D eigenvalue weighted by molar-refractivity contribution is 0.0606. The fourth-order valence-corrected chi connectivity index (χ4v) is 5.18. The van der Waals surface area contributed by atoms with Crippen LogP contribution in [0, 0.1) is 13.8 Å². The van der Waals surface area contributed by atoms with E-state index in [1.807, 2.05) is 19.1 Å². The number of hydrogen-bond acceptors (Lipinski definition) is 4. The number of aromatic nitrogens is 2. The van der Waals surface area contributed by atoms with Crippen LogP contribution < -0.4 is 0 Å². The first-order chi connectivity index (χ1) is 17.1. The number of hydrogen-bond donors (Lipinski definition) is 2. The Morgan fingerprint density at radius 2 is 1.37 bits per heavy atom. The highest BCUT2D eigenvalue weighted by atomic mass is 16.3. The van der Waals surface area contributed by atoms with E-state index in [1.54, 1.807) is 0 Å². The van der Waals surface area contributed by atoms with Crippen LogP contribution in [0.4, 0.5) is 0 Å². The van der Waals surface area contributed by atoms with Gasteiger partial charge in [0.25, 0.3) is 0 Å². The van der Waals surface area contributed by atoms with Crippen molar-refractivity contribution in [3.63, 3.8) is 0 Å². The number of nitrogens with zero attached hydrogens (tertiary/aromatic N) is 3. The molecule has 1 aliphatic rings. The summed E-state index contributed by atoms with van der Waals surface area (Å²) >= 11 is 0. The summed E-state index contributed by atoms with van der Waals surface area (Å²) in [5, 5.41) is 11.1. The van der Waals surface area contributed by atoms with Crippen LogP contribution in [0.25, 0.3) is 11.4 Å². The highest BCUT2D eigenvalue weighted by Crippen LogP contribution is 2.30. The lowest BCUT2D eigenvalue weighted by atomic mass is 9.96. The molecule has 3 aromatic carbocycles. The third-order valence-electron chi connectivity index (χ3n) is 7.07. The van der Waals surface area contributed by atoms with E-state index < -0.39 is 6.10 Å². The molecule has 5 heteroatoms. The van der Waals surface area contributed by atoms with Crippen molar-refractivity contribution in [2.75, 3.05) is 32.7 Å². The van der Waals surface area contributed by atoms with Gasteiger partial charge >= 0.3 is 0 Å². The quantitative estimate of drug-likeness (QED) is 0.396. The van der Waals surface area contributed by atoms with Crippen LogP contribution in [0.2, 0.25) is 0 Å². The van der Waals surface area contributed by atoms with E-state index in [4.69, 9.17) is 4.98 Å². The maximum absolute atomic E-state index is 11.1. The zero-order valence-corrected chi connectivity index (χ0v) is 20.6. The fraction of sp³-hybridized carbons (Fsp3) is 0.300. The third kappa shape index (κ3) is 5.22. The molecule has 0 spiro atoms. The normalized spacial score (nSPS) is 16.0. The summed E-state index contributed by atoms with van der Waals surface area (Å²) in [6.45, 7) is 8.41. The predicted molar refractivity (Wildman–Crippen MR) is 141 cm³/mol. The minimum Gasteiger partial charge on any atom is -0.385 e. The summed E-state index contributed by atoms with van der Waals surface area (Å²) in [5.41, 5.74) is 6.58. The van der Waals surface area contributed by atoms with Gasteiger partial charge in [-0.25, -0.2) is 4.98 Å². The first-order valence-electron chi connectivity index (χ1n) is 12.5. The molecule has 1 aliphatic heterocycles. The van der Waals surface area contributed by atoms with E-state index >= 15 is 0 Å². The van der Waals surface area contributed by atoms with Gasteiger partial charge in [-0.05, 0) is 30.5 Å². The van der Waals surface area contributed by atoms with Gasteiger partial charge in [0.2, 0.25) is 0 Å². The smallest absolute Gasteiger partial charge is 0.138 e. The van der Waals surface area contributed by atoms with Crippen LogP contribution in [0.15, 0.2) is 84.9 Å². The van der Waals surface area contributed by atoms with E-state index in [0.717, 1.165) is 49.0 Å². The molecule has 1 fully saturated rings. The van der Waals surface area contributed by atoms with Crippen LogP contribution in [0.5, 0.6) is 0 Å². The average molecular weight is 467 g/mol. The minimum absolute atomic E-state index is 0.245. The Labute approximate surface area is 208 Å². The number of aromatic amines is 1. The molecule has 4 aromatic rings. The van der Waals surface area contributed by atoms with Crippen molar-refractivity contribution in [3.05, 3.63) is 113 Å². The van der Waals surface area contributed by atoms with Gasteiger partial charge in [0, 0.05) is 44.0 Å².